The Morgan fingerprint density at radius 2 is 2.20 bits per heavy atom. The molecule has 0 aliphatic carbocycles. The number of hydrogen-bond acceptors (Lipinski definition) is 6. The number of nitrogens with zero attached hydrogens (tertiary/aromatic N) is 4. The molecule has 0 amide bonds. The molecular weight excluding hydrogens is 264 g/mol. The van der Waals surface area contributed by atoms with Crippen LogP contribution in [0, 0.1) is 17.0 Å². The van der Waals surface area contributed by atoms with E-state index in [1.165, 1.54) is 23.0 Å². The summed E-state index contributed by atoms with van der Waals surface area (Å²) >= 11 is 0. The lowest BCUT2D eigenvalue weighted by atomic mass is 10.3. The van der Waals surface area contributed by atoms with Gasteiger partial charge in [-0.3, -0.25) is 10.1 Å². The zero-order chi connectivity index (χ0) is 14.7. The van der Waals surface area contributed by atoms with Crippen LogP contribution in [0.2, 0.25) is 0 Å². The Kier molecular flexibility index (Phi) is 3.74. The van der Waals surface area contributed by atoms with Crippen LogP contribution in [0.15, 0.2) is 24.3 Å². The van der Waals surface area contributed by atoms with E-state index in [4.69, 9.17) is 4.74 Å². The van der Waals surface area contributed by atoms with Gasteiger partial charge in [0.1, 0.15) is 0 Å². The van der Waals surface area contributed by atoms with Gasteiger partial charge in [0, 0.05) is 12.1 Å². The zero-order valence-corrected chi connectivity index (χ0v) is 10.9. The summed E-state index contributed by atoms with van der Waals surface area (Å²) in [5, 5.41) is 18.8. The molecule has 0 saturated carbocycles. The van der Waals surface area contributed by atoms with Crippen LogP contribution in [0.1, 0.15) is 23.1 Å². The molecule has 0 N–H and O–H groups in total. The highest BCUT2D eigenvalue weighted by Crippen LogP contribution is 2.16. The number of aryl methyl sites for hydroxylation is 1. The quantitative estimate of drug-likeness (QED) is 0.478. The minimum absolute atomic E-state index is 0.0739. The number of aromatic nitrogens is 3. The normalized spacial score (nSPS) is 10.3. The van der Waals surface area contributed by atoms with Crippen molar-refractivity contribution in [2.24, 2.45) is 0 Å². The number of hydrogen-bond donors (Lipinski definition) is 0. The molecule has 0 fully saturated rings. The number of nitro benzene ring substituents is 1. The molecule has 0 aliphatic rings. The first-order chi connectivity index (χ1) is 9.52. The van der Waals surface area contributed by atoms with Crippen molar-refractivity contribution in [3.63, 3.8) is 0 Å². The van der Waals surface area contributed by atoms with Gasteiger partial charge >= 0.3 is 5.97 Å². The van der Waals surface area contributed by atoms with E-state index < -0.39 is 10.9 Å². The first kappa shape index (κ1) is 13.7. The molecule has 1 aromatic heterocycles. The topological polar surface area (TPSA) is 100 Å². The van der Waals surface area contributed by atoms with E-state index in [0.29, 0.717) is 11.4 Å². The van der Waals surface area contributed by atoms with Gasteiger partial charge in [0.05, 0.1) is 22.9 Å². The van der Waals surface area contributed by atoms with Gasteiger partial charge in [0.15, 0.2) is 5.69 Å². The number of carbonyl (C=O) groups is 1. The van der Waals surface area contributed by atoms with Crippen LogP contribution < -0.4 is 0 Å². The molecule has 0 bridgehead atoms. The van der Waals surface area contributed by atoms with Gasteiger partial charge in [-0.15, -0.1) is 5.10 Å². The first-order valence-electron chi connectivity index (χ1n) is 5.88. The Hall–Kier alpha value is -2.77. The molecule has 2 aromatic rings. The Morgan fingerprint density at radius 3 is 2.85 bits per heavy atom. The molecule has 0 unspecified atom stereocenters. The number of ether oxygens (including phenoxy) is 1. The average molecular weight is 276 g/mol. The maximum absolute atomic E-state index is 11.6. The Morgan fingerprint density at radius 1 is 1.45 bits per heavy atom. The monoisotopic (exact) mass is 276 g/mol. The van der Waals surface area contributed by atoms with Crippen molar-refractivity contribution >= 4 is 11.7 Å². The largest absolute Gasteiger partial charge is 0.461 e. The van der Waals surface area contributed by atoms with Gasteiger partial charge < -0.3 is 4.74 Å². The summed E-state index contributed by atoms with van der Waals surface area (Å²) in [6, 6.07) is 5.83. The van der Waals surface area contributed by atoms with Gasteiger partial charge in [-0.25, -0.2) is 4.79 Å². The lowest BCUT2D eigenvalue weighted by molar-refractivity contribution is -0.384. The van der Waals surface area contributed by atoms with E-state index >= 15 is 0 Å². The second kappa shape index (κ2) is 5.47. The van der Waals surface area contributed by atoms with Crippen LogP contribution in [0.25, 0.3) is 5.69 Å². The van der Waals surface area contributed by atoms with Crippen molar-refractivity contribution in [3.05, 3.63) is 45.8 Å². The lowest BCUT2D eigenvalue weighted by Crippen LogP contribution is -2.07. The highest BCUT2D eigenvalue weighted by atomic mass is 16.6. The van der Waals surface area contributed by atoms with Gasteiger partial charge in [0.2, 0.25) is 0 Å². The van der Waals surface area contributed by atoms with Crippen LogP contribution in [0.3, 0.4) is 0 Å². The van der Waals surface area contributed by atoms with Gasteiger partial charge in [-0.2, -0.15) is 9.90 Å². The molecular formula is C12H12N4O4. The lowest BCUT2D eigenvalue weighted by Gasteiger charge is -1.99. The SMILES string of the molecule is CCOC(=O)c1nn(-c2cccc([N+](=O)[O-])c2)nc1C. The number of esters is 1. The summed E-state index contributed by atoms with van der Waals surface area (Å²) < 4.78 is 4.86. The van der Waals surface area contributed by atoms with Gasteiger partial charge in [0.25, 0.3) is 5.69 Å². The van der Waals surface area contributed by atoms with Gasteiger partial charge in [-0.1, -0.05) is 6.07 Å². The van der Waals surface area contributed by atoms with Crippen LogP contribution in [-0.4, -0.2) is 32.5 Å². The van der Waals surface area contributed by atoms with Crippen molar-refractivity contribution in [1.29, 1.82) is 0 Å². The molecule has 0 saturated heterocycles. The Labute approximate surface area is 114 Å². The fourth-order valence-electron chi connectivity index (χ4n) is 1.61. The molecule has 0 atom stereocenters. The number of rotatable bonds is 4. The zero-order valence-electron chi connectivity index (χ0n) is 10.9. The Bertz CT molecular complexity index is 665. The number of carbonyl (C=O) groups excluding carboxylic acids is 1. The molecule has 1 aromatic carbocycles. The van der Waals surface area contributed by atoms with Crippen LogP contribution in [0.4, 0.5) is 5.69 Å². The second-order valence-electron chi connectivity index (χ2n) is 3.92. The molecule has 1 heterocycles. The van der Waals surface area contributed by atoms with Crippen molar-refractivity contribution in [1.82, 2.24) is 15.0 Å². The maximum Gasteiger partial charge on any atom is 0.360 e. The molecule has 104 valence electrons. The Balaban J connectivity index is 2.39. The summed E-state index contributed by atoms with van der Waals surface area (Å²) in [4.78, 5) is 23.0. The average Bonchev–Trinajstić information content (AvgIpc) is 2.81. The second-order valence-corrected chi connectivity index (χ2v) is 3.92. The molecule has 0 radical (unpaired) electrons. The van der Waals surface area contributed by atoms with E-state index in [9.17, 15) is 14.9 Å². The third kappa shape index (κ3) is 2.63. The van der Waals surface area contributed by atoms with Crippen molar-refractivity contribution in [3.8, 4) is 5.69 Å². The third-order valence-electron chi connectivity index (χ3n) is 2.52. The molecule has 8 heteroatoms. The number of non-ortho nitro benzene ring substituents is 1. The predicted octanol–water partition coefficient (Wildman–Crippen LogP) is 1.66. The maximum atomic E-state index is 11.6. The molecule has 8 nitrogen and oxygen atoms in total. The summed E-state index contributed by atoms with van der Waals surface area (Å²) in [5.41, 5.74) is 0.821. The minimum atomic E-state index is -0.568. The van der Waals surface area contributed by atoms with Crippen molar-refractivity contribution in [2.75, 3.05) is 6.61 Å². The highest BCUT2D eigenvalue weighted by Gasteiger charge is 2.18. The van der Waals surface area contributed by atoms with E-state index in [-0.39, 0.29) is 18.0 Å². The first-order valence-corrected chi connectivity index (χ1v) is 5.88. The van der Waals surface area contributed by atoms with E-state index in [1.807, 2.05) is 0 Å². The van der Waals surface area contributed by atoms with E-state index in [2.05, 4.69) is 10.2 Å². The fourth-order valence-corrected chi connectivity index (χ4v) is 1.61. The van der Waals surface area contributed by atoms with Crippen LogP contribution in [-0.2, 0) is 4.74 Å². The highest BCUT2D eigenvalue weighted by molar-refractivity contribution is 5.88. The summed E-state index contributed by atoms with van der Waals surface area (Å²) in [5.74, 6) is -0.568. The number of nitro groups is 1. The fraction of sp³-hybridized carbons (Fsp3) is 0.250. The standard InChI is InChI=1S/C12H12N4O4/c1-3-20-12(17)11-8(2)13-15(14-11)9-5-4-6-10(7-9)16(18)19/h4-7H,3H2,1-2H3. The molecule has 20 heavy (non-hydrogen) atoms. The summed E-state index contributed by atoms with van der Waals surface area (Å²) in [6.07, 6.45) is 0. The minimum Gasteiger partial charge on any atom is -0.461 e. The molecule has 2 rings (SSSR count). The van der Waals surface area contributed by atoms with Gasteiger partial charge in [-0.05, 0) is 19.9 Å². The van der Waals surface area contributed by atoms with E-state index in [1.54, 1.807) is 19.9 Å². The molecule has 0 aliphatic heterocycles. The predicted molar refractivity (Wildman–Crippen MR) is 68.7 cm³/mol. The third-order valence-corrected chi connectivity index (χ3v) is 2.52. The molecule has 0 spiro atoms. The summed E-state index contributed by atoms with van der Waals surface area (Å²) in [7, 11) is 0. The van der Waals surface area contributed by atoms with Crippen LogP contribution >= 0.6 is 0 Å². The van der Waals surface area contributed by atoms with Crippen molar-refractivity contribution in [2.45, 2.75) is 13.8 Å². The van der Waals surface area contributed by atoms with Crippen LogP contribution in [0.5, 0.6) is 0 Å². The number of benzene rings is 1. The smallest absolute Gasteiger partial charge is 0.360 e. The van der Waals surface area contributed by atoms with E-state index in [0.717, 1.165) is 0 Å². The summed E-state index contributed by atoms with van der Waals surface area (Å²) in [6.45, 7) is 3.55. The van der Waals surface area contributed by atoms with Crippen molar-refractivity contribution < 1.29 is 14.5 Å².